The maximum atomic E-state index is 14.4. The lowest BCUT2D eigenvalue weighted by Crippen LogP contribution is -2.73. The predicted molar refractivity (Wildman–Crippen MR) is 147 cm³/mol. The molecule has 2 amide bonds. The van der Waals surface area contributed by atoms with Crippen LogP contribution in [0.15, 0.2) is 60.7 Å². The van der Waals surface area contributed by atoms with Crippen molar-refractivity contribution in [2.24, 2.45) is 105 Å². The number of hydrogen-bond acceptors (Lipinski definition) is 4. The van der Waals surface area contributed by atoms with E-state index in [4.69, 9.17) is 0 Å². The lowest BCUT2D eigenvalue weighted by molar-refractivity contribution is -0.297. The molecule has 13 aliphatic rings. The summed E-state index contributed by atoms with van der Waals surface area (Å²) in [5, 5.41) is 30.9. The first kappa shape index (κ1) is 21.9. The maximum Gasteiger partial charge on any atom is 0.224 e. The molecule has 0 heterocycles. The van der Waals surface area contributed by atoms with Gasteiger partial charge in [-0.3, -0.25) is 9.59 Å². The number of hydrogen-bond donors (Lipinski definition) is 4. The fourth-order valence-corrected chi connectivity index (χ4v) is 19.3. The fraction of sp³-hybridized carbons (Fsp3) is 0.611. The van der Waals surface area contributed by atoms with Crippen molar-refractivity contribution < 1.29 is 19.8 Å². The van der Waals surface area contributed by atoms with E-state index in [9.17, 15) is 19.8 Å². The SMILES string of the molecule is O=C(NCc1ccccc1)C1C2C3C4C1C15C6C(O)C7C8C6C6C(O)C8C8(C3C(C(=O)NCc3ccccc3)C4C618)C725. The molecule has 0 radical (unpaired) electrons. The molecule has 6 heteroatoms. The van der Waals surface area contributed by atoms with Gasteiger partial charge in [0.05, 0.1) is 12.2 Å². The van der Waals surface area contributed by atoms with Gasteiger partial charge in [-0.2, -0.15) is 0 Å². The largest absolute Gasteiger partial charge is 0.392 e. The third-order valence-corrected chi connectivity index (χ3v) is 17.4. The van der Waals surface area contributed by atoms with Crippen molar-refractivity contribution >= 4 is 11.8 Å². The number of benzene rings is 2. The van der Waals surface area contributed by atoms with E-state index in [0.717, 1.165) is 11.1 Å². The van der Waals surface area contributed by atoms with E-state index >= 15 is 0 Å². The van der Waals surface area contributed by atoms with Gasteiger partial charge in [0.1, 0.15) is 0 Å². The summed E-state index contributed by atoms with van der Waals surface area (Å²) in [6, 6.07) is 20.4. The second-order valence-corrected chi connectivity index (χ2v) is 16.4. The number of nitrogens with one attached hydrogen (secondary N) is 2. The lowest BCUT2D eigenvalue weighted by Gasteiger charge is -2.74. The van der Waals surface area contributed by atoms with Gasteiger partial charge < -0.3 is 20.8 Å². The van der Waals surface area contributed by atoms with Crippen LogP contribution < -0.4 is 10.6 Å². The van der Waals surface area contributed by atoms with Crippen molar-refractivity contribution in [1.29, 1.82) is 0 Å². The fourth-order valence-electron chi connectivity index (χ4n) is 19.3. The third-order valence-electron chi connectivity index (χ3n) is 17.4. The summed E-state index contributed by atoms with van der Waals surface area (Å²) in [5.74, 6) is 4.19. The Bertz CT molecular complexity index is 1510. The quantitative estimate of drug-likeness (QED) is 0.436. The Balaban J connectivity index is 0.971. The van der Waals surface area contributed by atoms with Crippen LogP contribution in [0.25, 0.3) is 0 Å². The average molecular weight is 559 g/mol. The Kier molecular flexibility index (Phi) is 3.06. The standard InChI is InChI=1S/C36H34N2O4/c39-29-25-17-18-26(29)34-22-16-15-21(19(22)31(41)37-11-13-7-3-1-4-8-13)33(25,34)35-23(15)20(32(42)38-12-14-9-5-2-6-10-14)24(16)36(34,35)28(18)30(40)27(17)35/h1-10,15-30,39-40H,11-12H2,(H,37,41)(H,38,42). The summed E-state index contributed by atoms with van der Waals surface area (Å²) in [7, 11) is 0. The van der Waals surface area contributed by atoms with Crippen LogP contribution in [0.1, 0.15) is 11.1 Å². The number of aliphatic hydroxyl groups is 2. The summed E-state index contributed by atoms with van der Waals surface area (Å²) < 4.78 is 0. The molecule has 6 nitrogen and oxygen atoms in total. The molecule has 0 aliphatic heterocycles. The molecule has 4 spiro atoms. The summed E-state index contributed by atoms with van der Waals surface area (Å²) in [5.41, 5.74) is 2.19. The smallest absolute Gasteiger partial charge is 0.224 e. The highest BCUT2D eigenvalue weighted by molar-refractivity contribution is 5.88. The number of rotatable bonds is 6. The number of amides is 2. The molecule has 42 heavy (non-hydrogen) atoms. The Morgan fingerprint density at radius 3 is 1.17 bits per heavy atom. The zero-order valence-electron chi connectivity index (χ0n) is 23.1. The van der Waals surface area contributed by atoms with Crippen LogP contribution in [-0.2, 0) is 22.7 Å². The third kappa shape index (κ3) is 1.40. The summed E-state index contributed by atoms with van der Waals surface area (Å²) >= 11 is 0. The van der Waals surface area contributed by atoms with Gasteiger partial charge in [-0.05, 0) is 104 Å². The van der Waals surface area contributed by atoms with Crippen molar-refractivity contribution in [3.8, 4) is 0 Å². The topological polar surface area (TPSA) is 98.7 Å². The van der Waals surface area contributed by atoms with Crippen LogP contribution in [0.4, 0.5) is 0 Å². The highest BCUT2D eigenvalue weighted by atomic mass is 16.3. The number of carbonyl (C=O) groups is 2. The van der Waals surface area contributed by atoms with Crippen molar-refractivity contribution in [1.82, 2.24) is 10.6 Å². The normalized spacial score (nSPS) is 64.2. The molecular weight excluding hydrogens is 524 g/mol. The molecule has 8 bridgehead atoms. The van der Waals surface area contributed by atoms with Gasteiger partial charge in [-0.25, -0.2) is 0 Å². The molecule has 13 aliphatic carbocycles. The van der Waals surface area contributed by atoms with Crippen LogP contribution in [-0.4, -0.2) is 34.2 Å². The molecule has 13 fully saturated rings. The molecular formula is C36H34N2O4. The Morgan fingerprint density at radius 1 is 0.524 bits per heavy atom. The predicted octanol–water partition coefficient (Wildman–Crippen LogP) is 2.06. The molecule has 15 rings (SSSR count). The first-order valence-corrected chi connectivity index (χ1v) is 16.5. The number of aliphatic hydroxyl groups excluding tert-OH is 2. The van der Waals surface area contributed by atoms with Gasteiger partial charge in [0, 0.05) is 24.9 Å². The van der Waals surface area contributed by atoms with E-state index in [-0.39, 0.29) is 105 Å². The molecule has 8 atom stereocenters. The van der Waals surface area contributed by atoms with Crippen LogP contribution in [0.5, 0.6) is 0 Å². The van der Waals surface area contributed by atoms with Gasteiger partial charge in [-0.1, -0.05) is 60.7 Å². The zero-order chi connectivity index (χ0) is 27.4. The first-order valence-electron chi connectivity index (χ1n) is 16.5. The van der Waals surface area contributed by atoms with Crippen LogP contribution >= 0.6 is 0 Å². The van der Waals surface area contributed by atoms with Gasteiger partial charge in [0.15, 0.2) is 0 Å². The molecule has 212 valence electrons. The number of carbonyl (C=O) groups excluding carboxylic acids is 2. The summed E-state index contributed by atoms with van der Waals surface area (Å²) in [6.45, 7) is 1.12. The van der Waals surface area contributed by atoms with Gasteiger partial charge >= 0.3 is 0 Å². The van der Waals surface area contributed by atoms with E-state index in [0.29, 0.717) is 36.8 Å². The van der Waals surface area contributed by atoms with Gasteiger partial charge in [-0.15, -0.1) is 0 Å². The van der Waals surface area contributed by atoms with Crippen LogP contribution in [0, 0.1) is 105 Å². The molecule has 2 aromatic rings. The Labute approximate surface area is 243 Å². The van der Waals surface area contributed by atoms with E-state index < -0.39 is 0 Å². The Morgan fingerprint density at radius 2 is 0.833 bits per heavy atom. The molecule has 4 N–H and O–H groups in total. The molecule has 0 saturated heterocycles. The highest BCUT2D eigenvalue weighted by Gasteiger charge is 3.24. The van der Waals surface area contributed by atoms with E-state index in [1.54, 1.807) is 0 Å². The molecule has 8 unspecified atom stereocenters. The highest BCUT2D eigenvalue weighted by Crippen LogP contribution is 3.23. The maximum absolute atomic E-state index is 14.4. The van der Waals surface area contributed by atoms with Crippen molar-refractivity contribution in [2.75, 3.05) is 0 Å². The van der Waals surface area contributed by atoms with Crippen molar-refractivity contribution in [2.45, 2.75) is 25.3 Å². The van der Waals surface area contributed by atoms with Crippen molar-refractivity contribution in [3.63, 3.8) is 0 Å². The van der Waals surface area contributed by atoms with E-state index in [1.807, 2.05) is 36.4 Å². The summed E-state index contributed by atoms with van der Waals surface area (Å²) in [4.78, 5) is 28.7. The van der Waals surface area contributed by atoms with E-state index in [2.05, 4.69) is 34.9 Å². The molecule has 0 aromatic heterocycles. The van der Waals surface area contributed by atoms with Gasteiger partial charge in [0.25, 0.3) is 0 Å². The van der Waals surface area contributed by atoms with E-state index in [1.165, 1.54) is 0 Å². The second kappa shape index (κ2) is 5.87. The Hall–Kier alpha value is -2.70. The molecule has 2 aromatic carbocycles. The second-order valence-electron chi connectivity index (χ2n) is 16.4. The average Bonchev–Trinajstić information content (AvgIpc) is 3.84. The minimum atomic E-state index is -0.262. The van der Waals surface area contributed by atoms with Gasteiger partial charge in [0.2, 0.25) is 11.8 Å². The van der Waals surface area contributed by atoms with Crippen molar-refractivity contribution in [3.05, 3.63) is 71.8 Å². The first-order chi connectivity index (χ1) is 20.6. The minimum absolute atomic E-state index is 0.0120. The molecule has 13 saturated carbocycles. The van der Waals surface area contributed by atoms with Crippen LogP contribution in [0.2, 0.25) is 0 Å². The minimum Gasteiger partial charge on any atom is -0.392 e. The zero-order valence-corrected chi connectivity index (χ0v) is 23.1. The van der Waals surface area contributed by atoms with Crippen LogP contribution in [0.3, 0.4) is 0 Å². The monoisotopic (exact) mass is 558 g/mol. The summed E-state index contributed by atoms with van der Waals surface area (Å²) in [6.07, 6.45) is -0.523. The lowest BCUT2D eigenvalue weighted by atomic mass is 9.28.